The van der Waals surface area contributed by atoms with Crippen LogP contribution in [0, 0.1) is 12.8 Å². The predicted octanol–water partition coefficient (Wildman–Crippen LogP) is 4.18. The van der Waals surface area contributed by atoms with Crippen LogP contribution in [0.3, 0.4) is 0 Å². The lowest BCUT2D eigenvalue weighted by molar-refractivity contribution is 0.339. The molecule has 0 radical (unpaired) electrons. The highest BCUT2D eigenvalue weighted by Crippen LogP contribution is 2.27. The molecule has 1 fully saturated rings. The summed E-state index contributed by atoms with van der Waals surface area (Å²) in [6.45, 7) is 3.19. The first-order valence-corrected chi connectivity index (χ1v) is 7.86. The van der Waals surface area contributed by atoms with Crippen LogP contribution >= 0.6 is 0 Å². The van der Waals surface area contributed by atoms with E-state index in [1.807, 2.05) is 12.1 Å². The topological polar surface area (TPSA) is 51.2 Å². The third-order valence-electron chi connectivity index (χ3n) is 4.50. The standard InChI is InChI=1S/C18H24N2O/c1-13-11-15(18-3-2-10-21-18)6-9-17(13)20-12-14-4-7-16(19)8-5-14/h2-3,6,9-11,14,16,20H,4-5,7-8,12,19H2,1H3. The second-order valence-corrected chi connectivity index (χ2v) is 6.17. The third-order valence-corrected chi connectivity index (χ3v) is 4.50. The Hall–Kier alpha value is -1.74. The first-order valence-electron chi connectivity index (χ1n) is 7.86. The SMILES string of the molecule is Cc1cc(-c2ccco2)ccc1NCC1CCC(N)CC1. The van der Waals surface area contributed by atoms with Crippen molar-refractivity contribution in [3.63, 3.8) is 0 Å². The largest absolute Gasteiger partial charge is 0.464 e. The smallest absolute Gasteiger partial charge is 0.133 e. The highest BCUT2D eigenvalue weighted by Gasteiger charge is 2.18. The Balaban J connectivity index is 1.61. The van der Waals surface area contributed by atoms with E-state index < -0.39 is 0 Å². The van der Waals surface area contributed by atoms with Crippen LogP contribution < -0.4 is 11.1 Å². The molecular weight excluding hydrogens is 260 g/mol. The molecule has 3 N–H and O–H groups in total. The molecule has 1 aliphatic rings. The fraction of sp³-hybridized carbons (Fsp3) is 0.444. The molecule has 1 heterocycles. The van der Waals surface area contributed by atoms with Gasteiger partial charge in [0.25, 0.3) is 0 Å². The lowest BCUT2D eigenvalue weighted by atomic mass is 9.86. The van der Waals surface area contributed by atoms with E-state index in [0.717, 1.165) is 23.8 Å². The van der Waals surface area contributed by atoms with E-state index in [9.17, 15) is 0 Å². The molecule has 2 aromatic rings. The summed E-state index contributed by atoms with van der Waals surface area (Å²) in [5.74, 6) is 1.68. The van der Waals surface area contributed by atoms with E-state index in [-0.39, 0.29) is 0 Å². The molecule has 0 atom stereocenters. The van der Waals surface area contributed by atoms with Gasteiger partial charge < -0.3 is 15.5 Å². The molecule has 1 aliphatic carbocycles. The highest BCUT2D eigenvalue weighted by atomic mass is 16.3. The van der Waals surface area contributed by atoms with Gasteiger partial charge in [0, 0.05) is 23.8 Å². The minimum absolute atomic E-state index is 0.426. The first-order chi connectivity index (χ1) is 10.2. The number of nitrogens with one attached hydrogen (secondary N) is 1. The lowest BCUT2D eigenvalue weighted by Crippen LogP contribution is -2.29. The number of rotatable bonds is 4. The molecular formula is C18H24N2O. The summed E-state index contributed by atoms with van der Waals surface area (Å²) in [6, 6.07) is 10.8. The summed E-state index contributed by atoms with van der Waals surface area (Å²) in [4.78, 5) is 0. The van der Waals surface area contributed by atoms with E-state index in [2.05, 4.69) is 30.4 Å². The molecule has 112 valence electrons. The van der Waals surface area contributed by atoms with Gasteiger partial charge in [-0.15, -0.1) is 0 Å². The third kappa shape index (κ3) is 3.48. The van der Waals surface area contributed by atoms with Crippen molar-refractivity contribution in [1.82, 2.24) is 0 Å². The van der Waals surface area contributed by atoms with E-state index in [1.165, 1.54) is 36.9 Å². The molecule has 3 nitrogen and oxygen atoms in total. The van der Waals surface area contributed by atoms with Gasteiger partial charge in [0.15, 0.2) is 0 Å². The van der Waals surface area contributed by atoms with Crippen LogP contribution in [0.15, 0.2) is 41.0 Å². The van der Waals surface area contributed by atoms with Crippen LogP contribution in [-0.2, 0) is 0 Å². The zero-order valence-corrected chi connectivity index (χ0v) is 12.6. The van der Waals surface area contributed by atoms with Gasteiger partial charge in [-0.3, -0.25) is 0 Å². The molecule has 0 spiro atoms. The molecule has 0 aliphatic heterocycles. The van der Waals surface area contributed by atoms with Gasteiger partial charge in [-0.25, -0.2) is 0 Å². The normalized spacial score (nSPS) is 22.2. The Morgan fingerprint density at radius 1 is 1.19 bits per heavy atom. The summed E-state index contributed by atoms with van der Waals surface area (Å²) in [5.41, 5.74) is 9.58. The van der Waals surface area contributed by atoms with Gasteiger partial charge in [-0.05, 0) is 74.4 Å². The number of hydrogen-bond acceptors (Lipinski definition) is 3. The summed E-state index contributed by atoms with van der Waals surface area (Å²) < 4.78 is 5.45. The van der Waals surface area contributed by atoms with Gasteiger partial charge >= 0.3 is 0 Å². The summed E-state index contributed by atoms with van der Waals surface area (Å²) in [5, 5.41) is 3.60. The second-order valence-electron chi connectivity index (χ2n) is 6.17. The molecule has 0 saturated heterocycles. The van der Waals surface area contributed by atoms with Gasteiger partial charge in [0.05, 0.1) is 6.26 Å². The van der Waals surface area contributed by atoms with Crippen LogP contribution in [0.1, 0.15) is 31.2 Å². The maximum absolute atomic E-state index is 5.96. The molecule has 3 heteroatoms. The molecule has 0 bridgehead atoms. The maximum Gasteiger partial charge on any atom is 0.133 e. The minimum atomic E-state index is 0.426. The fourth-order valence-electron chi connectivity index (χ4n) is 3.10. The van der Waals surface area contributed by atoms with E-state index in [4.69, 9.17) is 10.2 Å². The van der Waals surface area contributed by atoms with Crippen molar-refractivity contribution in [1.29, 1.82) is 0 Å². The highest BCUT2D eigenvalue weighted by molar-refractivity contribution is 5.64. The number of benzene rings is 1. The quantitative estimate of drug-likeness (QED) is 0.885. The van der Waals surface area contributed by atoms with Crippen LogP contribution in [0.5, 0.6) is 0 Å². The van der Waals surface area contributed by atoms with E-state index in [1.54, 1.807) is 6.26 Å². The maximum atomic E-state index is 5.96. The van der Waals surface area contributed by atoms with Gasteiger partial charge in [-0.2, -0.15) is 0 Å². The van der Waals surface area contributed by atoms with Crippen LogP contribution in [0.2, 0.25) is 0 Å². The van der Waals surface area contributed by atoms with Crippen molar-refractivity contribution in [2.75, 3.05) is 11.9 Å². The van der Waals surface area contributed by atoms with Gasteiger partial charge in [-0.1, -0.05) is 0 Å². The second kappa shape index (κ2) is 6.35. The van der Waals surface area contributed by atoms with Crippen molar-refractivity contribution in [3.8, 4) is 11.3 Å². The molecule has 0 amide bonds. The Labute approximate surface area is 126 Å². The Morgan fingerprint density at radius 2 is 2.00 bits per heavy atom. The Kier molecular flexibility index (Phi) is 4.30. The molecule has 1 aromatic heterocycles. The zero-order valence-electron chi connectivity index (χ0n) is 12.6. The van der Waals surface area contributed by atoms with Crippen LogP contribution in [-0.4, -0.2) is 12.6 Å². The number of hydrogen-bond donors (Lipinski definition) is 2. The summed E-state index contributed by atoms with van der Waals surface area (Å²) >= 11 is 0. The van der Waals surface area contributed by atoms with Crippen molar-refractivity contribution in [2.45, 2.75) is 38.6 Å². The fourth-order valence-corrected chi connectivity index (χ4v) is 3.10. The first kappa shape index (κ1) is 14.2. The monoisotopic (exact) mass is 284 g/mol. The molecule has 0 unspecified atom stereocenters. The summed E-state index contributed by atoms with van der Waals surface area (Å²) in [6.07, 6.45) is 6.55. The molecule has 3 rings (SSSR count). The van der Waals surface area contributed by atoms with E-state index >= 15 is 0 Å². The van der Waals surface area contributed by atoms with Gasteiger partial charge in [0.2, 0.25) is 0 Å². The molecule has 1 aromatic carbocycles. The lowest BCUT2D eigenvalue weighted by Gasteiger charge is -2.26. The average molecular weight is 284 g/mol. The van der Waals surface area contributed by atoms with Crippen molar-refractivity contribution < 1.29 is 4.42 Å². The van der Waals surface area contributed by atoms with Crippen molar-refractivity contribution in [3.05, 3.63) is 42.2 Å². The average Bonchev–Trinajstić information content (AvgIpc) is 3.02. The van der Waals surface area contributed by atoms with E-state index in [0.29, 0.717) is 6.04 Å². The number of anilines is 1. The molecule has 21 heavy (non-hydrogen) atoms. The number of aryl methyl sites for hydroxylation is 1. The van der Waals surface area contributed by atoms with Crippen molar-refractivity contribution in [2.24, 2.45) is 11.7 Å². The summed E-state index contributed by atoms with van der Waals surface area (Å²) in [7, 11) is 0. The number of nitrogens with two attached hydrogens (primary N) is 1. The minimum Gasteiger partial charge on any atom is -0.464 e. The molecule has 1 saturated carbocycles. The Morgan fingerprint density at radius 3 is 2.67 bits per heavy atom. The van der Waals surface area contributed by atoms with Gasteiger partial charge in [0.1, 0.15) is 5.76 Å². The van der Waals surface area contributed by atoms with Crippen molar-refractivity contribution >= 4 is 5.69 Å². The van der Waals surface area contributed by atoms with Crippen LogP contribution in [0.25, 0.3) is 11.3 Å². The Bertz CT molecular complexity index is 569. The predicted molar refractivity (Wildman–Crippen MR) is 87.3 cm³/mol. The van der Waals surface area contributed by atoms with Crippen LogP contribution in [0.4, 0.5) is 5.69 Å². The number of furan rings is 1. The zero-order chi connectivity index (χ0) is 14.7.